The maximum Gasteiger partial charge on any atom is 0.493 e. The van der Waals surface area contributed by atoms with E-state index >= 15 is 0 Å². The predicted octanol–water partition coefficient (Wildman–Crippen LogP) is 5.72. The van der Waals surface area contributed by atoms with Crippen LogP contribution in [0.4, 0.5) is 22.0 Å². The largest absolute Gasteiger partial charge is 0.493 e. The average molecular weight is 460 g/mol. The van der Waals surface area contributed by atoms with Crippen molar-refractivity contribution >= 4 is 11.8 Å². The van der Waals surface area contributed by atoms with Gasteiger partial charge in [-0.15, -0.1) is 0 Å². The number of benzene rings is 3. The molecule has 0 N–H and O–H groups in total. The molecule has 0 saturated carbocycles. The van der Waals surface area contributed by atoms with Crippen molar-refractivity contribution in [3.63, 3.8) is 0 Å². The molecule has 9 heteroatoms. The summed E-state index contributed by atoms with van der Waals surface area (Å²) in [6.45, 7) is 0. The Hall–Kier alpha value is -3.75. The molecule has 0 aromatic heterocycles. The van der Waals surface area contributed by atoms with Gasteiger partial charge in [-0.05, 0) is 22.8 Å². The second-order valence-electron chi connectivity index (χ2n) is 7.35. The van der Waals surface area contributed by atoms with E-state index in [0.717, 1.165) is 11.1 Å². The standard InChI is InChI=1S/C24H17F5N2O2/c25-18-13-7-12-17(20(18)26)14-19-30-21(15-8-3-1-4-9-15)22(16-10-5-2-6-11-16)31(19)33-23(32)24(27,28)29/h1-13,21-22H,14H2. The summed E-state index contributed by atoms with van der Waals surface area (Å²) in [6, 6.07) is 18.9. The molecule has 3 aromatic carbocycles. The molecule has 2 atom stereocenters. The van der Waals surface area contributed by atoms with Gasteiger partial charge in [-0.2, -0.15) is 18.2 Å². The van der Waals surface area contributed by atoms with Gasteiger partial charge in [0.1, 0.15) is 17.9 Å². The van der Waals surface area contributed by atoms with Crippen molar-refractivity contribution in [1.29, 1.82) is 0 Å². The fourth-order valence-electron chi connectivity index (χ4n) is 3.68. The molecule has 3 aromatic rings. The highest BCUT2D eigenvalue weighted by Gasteiger charge is 2.47. The Morgan fingerprint density at radius 1 is 0.879 bits per heavy atom. The van der Waals surface area contributed by atoms with Crippen LogP contribution in [0.3, 0.4) is 0 Å². The molecule has 1 heterocycles. The molecule has 0 spiro atoms. The lowest BCUT2D eigenvalue weighted by Gasteiger charge is -2.29. The van der Waals surface area contributed by atoms with Gasteiger partial charge in [0.2, 0.25) is 0 Å². The monoisotopic (exact) mass is 460 g/mol. The molecule has 0 bridgehead atoms. The summed E-state index contributed by atoms with van der Waals surface area (Å²) in [4.78, 5) is 21.1. The number of rotatable bonds is 5. The number of aliphatic imine (C=N–C) groups is 1. The van der Waals surface area contributed by atoms with Gasteiger partial charge in [0.05, 0.1) is 0 Å². The number of carbonyl (C=O) groups excluding carboxylic acids is 1. The van der Waals surface area contributed by atoms with Crippen molar-refractivity contribution in [1.82, 2.24) is 5.06 Å². The quantitative estimate of drug-likeness (QED) is 0.457. The smallest absolute Gasteiger partial charge is 0.330 e. The van der Waals surface area contributed by atoms with Crippen LogP contribution in [0.15, 0.2) is 83.9 Å². The summed E-state index contributed by atoms with van der Waals surface area (Å²) in [5, 5.41) is 0.757. The Labute approximate surface area is 185 Å². The van der Waals surface area contributed by atoms with Crippen LogP contribution in [-0.2, 0) is 16.1 Å². The molecule has 0 aliphatic carbocycles. The zero-order valence-electron chi connectivity index (χ0n) is 17.0. The first kappa shape index (κ1) is 22.4. The van der Waals surface area contributed by atoms with E-state index in [4.69, 9.17) is 4.84 Å². The first-order chi connectivity index (χ1) is 15.8. The van der Waals surface area contributed by atoms with E-state index in [1.807, 2.05) is 0 Å². The number of carbonyl (C=O) groups is 1. The summed E-state index contributed by atoms with van der Waals surface area (Å²) in [5.74, 6) is -4.84. The van der Waals surface area contributed by atoms with Crippen molar-refractivity contribution in [3.05, 3.63) is 107 Å². The van der Waals surface area contributed by atoms with E-state index in [1.165, 1.54) is 12.1 Å². The Balaban J connectivity index is 1.81. The van der Waals surface area contributed by atoms with Crippen molar-refractivity contribution in [3.8, 4) is 0 Å². The minimum atomic E-state index is -5.26. The summed E-state index contributed by atoms with van der Waals surface area (Å²) in [7, 11) is 0. The van der Waals surface area contributed by atoms with E-state index in [1.54, 1.807) is 60.7 Å². The summed E-state index contributed by atoms with van der Waals surface area (Å²) in [6.07, 6.45) is -5.65. The number of nitrogens with zero attached hydrogens (tertiary/aromatic N) is 2. The second kappa shape index (κ2) is 9.01. The van der Waals surface area contributed by atoms with Crippen LogP contribution in [0.5, 0.6) is 0 Å². The highest BCUT2D eigenvalue weighted by atomic mass is 19.4. The molecular formula is C24H17F5N2O2. The number of halogens is 5. The number of alkyl halides is 3. The highest BCUT2D eigenvalue weighted by molar-refractivity contribution is 5.88. The van der Waals surface area contributed by atoms with Gasteiger partial charge in [0, 0.05) is 6.42 Å². The molecule has 2 unspecified atom stereocenters. The Kier molecular flexibility index (Phi) is 6.13. The maximum absolute atomic E-state index is 14.3. The lowest BCUT2D eigenvalue weighted by Crippen LogP contribution is -2.39. The van der Waals surface area contributed by atoms with E-state index in [0.29, 0.717) is 11.1 Å². The van der Waals surface area contributed by atoms with Gasteiger partial charge in [-0.25, -0.2) is 13.6 Å². The van der Waals surface area contributed by atoms with Crippen LogP contribution in [0, 0.1) is 11.6 Å². The van der Waals surface area contributed by atoms with Crippen LogP contribution >= 0.6 is 0 Å². The van der Waals surface area contributed by atoms with Gasteiger partial charge < -0.3 is 4.84 Å². The third-order valence-corrected chi connectivity index (χ3v) is 5.17. The fraction of sp³-hybridized carbons (Fsp3) is 0.167. The average Bonchev–Trinajstić information content (AvgIpc) is 3.15. The minimum absolute atomic E-state index is 0.137. The predicted molar refractivity (Wildman–Crippen MR) is 110 cm³/mol. The van der Waals surface area contributed by atoms with Crippen LogP contribution in [0.1, 0.15) is 28.8 Å². The Bertz CT molecular complexity index is 1170. The third kappa shape index (κ3) is 4.72. The normalized spacial score (nSPS) is 18.2. The molecule has 1 aliphatic rings. The molecule has 0 fully saturated rings. The third-order valence-electron chi connectivity index (χ3n) is 5.17. The molecule has 0 saturated heterocycles. The van der Waals surface area contributed by atoms with E-state index in [9.17, 15) is 26.7 Å². The van der Waals surface area contributed by atoms with E-state index in [-0.39, 0.29) is 17.8 Å². The zero-order chi connectivity index (χ0) is 23.6. The highest BCUT2D eigenvalue weighted by Crippen LogP contribution is 2.43. The van der Waals surface area contributed by atoms with Crippen molar-refractivity contribution in [2.75, 3.05) is 0 Å². The fourth-order valence-corrected chi connectivity index (χ4v) is 3.68. The first-order valence-electron chi connectivity index (χ1n) is 9.93. The van der Waals surface area contributed by atoms with Gasteiger partial charge in [0.15, 0.2) is 11.6 Å². The first-order valence-corrected chi connectivity index (χ1v) is 9.93. The lowest BCUT2D eigenvalue weighted by molar-refractivity contribution is -0.230. The van der Waals surface area contributed by atoms with E-state index < -0.39 is 35.9 Å². The number of hydrogen-bond acceptors (Lipinski definition) is 4. The molecule has 33 heavy (non-hydrogen) atoms. The van der Waals surface area contributed by atoms with Gasteiger partial charge >= 0.3 is 12.1 Å². The maximum atomic E-state index is 14.3. The molecule has 4 nitrogen and oxygen atoms in total. The van der Waals surface area contributed by atoms with Crippen molar-refractivity contribution in [2.45, 2.75) is 24.7 Å². The number of hydroxylamine groups is 2. The van der Waals surface area contributed by atoms with Gasteiger partial charge in [-0.1, -0.05) is 72.8 Å². The van der Waals surface area contributed by atoms with E-state index in [2.05, 4.69) is 4.99 Å². The molecule has 1 aliphatic heterocycles. The molecule has 0 amide bonds. The molecular weight excluding hydrogens is 443 g/mol. The molecule has 4 rings (SSSR count). The van der Waals surface area contributed by atoms with Crippen LogP contribution in [-0.4, -0.2) is 23.0 Å². The molecule has 170 valence electrons. The Morgan fingerprint density at radius 2 is 1.48 bits per heavy atom. The SMILES string of the molecule is O=C(ON1C(Cc2cccc(F)c2F)=NC(c2ccccc2)C1c1ccccc1)C(F)(F)F. The topological polar surface area (TPSA) is 41.9 Å². The lowest BCUT2D eigenvalue weighted by atomic mass is 9.94. The zero-order valence-corrected chi connectivity index (χ0v) is 17.0. The second-order valence-corrected chi connectivity index (χ2v) is 7.35. The Morgan fingerprint density at radius 3 is 2.09 bits per heavy atom. The van der Waals surface area contributed by atoms with Crippen molar-refractivity contribution < 1.29 is 31.6 Å². The van der Waals surface area contributed by atoms with Crippen LogP contribution in [0.2, 0.25) is 0 Å². The summed E-state index contributed by atoms with van der Waals surface area (Å²) >= 11 is 0. The van der Waals surface area contributed by atoms with Gasteiger partial charge in [-0.3, -0.25) is 4.99 Å². The van der Waals surface area contributed by atoms with Crippen LogP contribution < -0.4 is 0 Å². The summed E-state index contributed by atoms with van der Waals surface area (Å²) < 4.78 is 67.3. The van der Waals surface area contributed by atoms with Gasteiger partial charge in [0.25, 0.3) is 0 Å². The van der Waals surface area contributed by atoms with Crippen molar-refractivity contribution in [2.24, 2.45) is 4.99 Å². The minimum Gasteiger partial charge on any atom is -0.330 e. The number of hydrogen-bond donors (Lipinski definition) is 0. The summed E-state index contributed by atoms with van der Waals surface area (Å²) in [5.41, 5.74) is 1.04. The number of amidine groups is 1. The molecule has 0 radical (unpaired) electrons. The van der Waals surface area contributed by atoms with Crippen LogP contribution in [0.25, 0.3) is 0 Å².